The number of unbranched alkanes of at least 4 members (excludes halogenated alkanes) is 1. The Balaban J connectivity index is 2.00. The van der Waals surface area contributed by atoms with Gasteiger partial charge in [0.25, 0.3) is 0 Å². The Labute approximate surface area is 104 Å². The van der Waals surface area contributed by atoms with Gasteiger partial charge >= 0.3 is 0 Å². The van der Waals surface area contributed by atoms with Gasteiger partial charge in [-0.1, -0.05) is 67.3 Å². The molecule has 1 aromatic carbocycles. The predicted octanol–water partition coefficient (Wildman–Crippen LogP) is 4.28. The molecule has 0 bridgehead atoms. The molecule has 0 spiro atoms. The van der Waals surface area contributed by atoms with E-state index < -0.39 is 0 Å². The van der Waals surface area contributed by atoms with Gasteiger partial charge in [0, 0.05) is 6.61 Å². The number of hydrogen-bond donors (Lipinski definition) is 0. The summed E-state index contributed by atoms with van der Waals surface area (Å²) in [5.74, 6) is 0. The van der Waals surface area contributed by atoms with E-state index in [9.17, 15) is 0 Å². The molecule has 0 aliphatic rings. The minimum absolute atomic E-state index is 0.709. The van der Waals surface area contributed by atoms with E-state index in [1.807, 2.05) is 36.4 Å². The summed E-state index contributed by atoms with van der Waals surface area (Å²) in [5.41, 5.74) is 1.23. The van der Waals surface area contributed by atoms with E-state index in [0.717, 1.165) is 19.4 Å². The average Bonchev–Trinajstić information content (AvgIpc) is 2.38. The summed E-state index contributed by atoms with van der Waals surface area (Å²) in [7, 11) is 0. The first kappa shape index (κ1) is 13.5. The molecule has 1 aromatic rings. The lowest BCUT2D eigenvalue weighted by Crippen LogP contribution is -1.94. The van der Waals surface area contributed by atoms with Gasteiger partial charge in [0.1, 0.15) is 0 Å². The van der Waals surface area contributed by atoms with E-state index in [1.54, 1.807) is 6.08 Å². The topological polar surface area (TPSA) is 9.23 Å². The molecule has 0 aliphatic carbocycles. The second-order valence-corrected chi connectivity index (χ2v) is 3.73. The van der Waals surface area contributed by atoms with Crippen molar-refractivity contribution < 1.29 is 4.74 Å². The van der Waals surface area contributed by atoms with E-state index in [1.165, 1.54) is 5.56 Å². The van der Waals surface area contributed by atoms with Crippen LogP contribution in [0, 0.1) is 0 Å². The number of ether oxygens (including phenoxy) is 1. The van der Waals surface area contributed by atoms with Gasteiger partial charge in [-0.25, -0.2) is 0 Å². The van der Waals surface area contributed by atoms with E-state index in [-0.39, 0.29) is 0 Å². The first-order chi connectivity index (χ1) is 8.43. The van der Waals surface area contributed by atoms with E-state index in [4.69, 9.17) is 4.74 Å². The average molecular weight is 228 g/mol. The molecule has 0 radical (unpaired) electrons. The van der Waals surface area contributed by atoms with Crippen LogP contribution in [-0.4, -0.2) is 6.61 Å². The Kier molecular flexibility index (Phi) is 7.61. The Morgan fingerprint density at radius 3 is 2.65 bits per heavy atom. The number of allylic oxidation sites excluding steroid dienone is 5. The highest BCUT2D eigenvalue weighted by molar-refractivity contribution is 5.13. The quantitative estimate of drug-likeness (QED) is 0.476. The highest BCUT2D eigenvalue weighted by Gasteiger charge is 1.90. The third-order valence-corrected chi connectivity index (χ3v) is 2.27. The number of hydrogen-bond acceptors (Lipinski definition) is 1. The molecule has 0 fully saturated rings. The van der Waals surface area contributed by atoms with Crippen LogP contribution in [0.5, 0.6) is 0 Å². The molecule has 0 saturated carbocycles. The van der Waals surface area contributed by atoms with E-state index in [2.05, 4.69) is 24.8 Å². The molecule has 90 valence electrons. The van der Waals surface area contributed by atoms with Crippen LogP contribution in [0.4, 0.5) is 0 Å². The summed E-state index contributed by atoms with van der Waals surface area (Å²) in [6.07, 6.45) is 12.0. The summed E-state index contributed by atoms with van der Waals surface area (Å²) in [6.45, 7) is 5.13. The van der Waals surface area contributed by atoms with Crippen LogP contribution in [0.25, 0.3) is 0 Å². The Bertz CT molecular complexity index is 349. The molecule has 0 aliphatic heterocycles. The smallest absolute Gasteiger partial charge is 0.0716 e. The Morgan fingerprint density at radius 1 is 1.06 bits per heavy atom. The lowest BCUT2D eigenvalue weighted by molar-refractivity contribution is 0.119. The molecule has 1 nitrogen and oxygen atoms in total. The second kappa shape index (κ2) is 9.61. The first-order valence-corrected chi connectivity index (χ1v) is 5.99. The van der Waals surface area contributed by atoms with Gasteiger partial charge in [0.15, 0.2) is 0 Å². The van der Waals surface area contributed by atoms with Crippen LogP contribution < -0.4 is 0 Å². The van der Waals surface area contributed by atoms with Crippen molar-refractivity contribution in [3.8, 4) is 0 Å². The maximum Gasteiger partial charge on any atom is 0.0716 e. The van der Waals surface area contributed by atoms with Crippen molar-refractivity contribution in [2.24, 2.45) is 0 Å². The minimum Gasteiger partial charge on any atom is -0.377 e. The molecule has 0 unspecified atom stereocenters. The van der Waals surface area contributed by atoms with E-state index >= 15 is 0 Å². The summed E-state index contributed by atoms with van der Waals surface area (Å²) in [6, 6.07) is 10.3. The molecule has 17 heavy (non-hydrogen) atoms. The van der Waals surface area contributed by atoms with Crippen molar-refractivity contribution >= 4 is 0 Å². The molecular weight excluding hydrogens is 208 g/mol. The maximum absolute atomic E-state index is 5.58. The fraction of sp³-hybridized carbons (Fsp3) is 0.250. The predicted molar refractivity (Wildman–Crippen MR) is 73.8 cm³/mol. The standard InChI is InChI=1S/C16H20O/c1-2-3-4-5-6-7-11-14-17-15-16-12-9-8-10-13-16/h2-6,8-10,12-13H,1,7,11,14-15H2. The normalized spacial score (nSPS) is 11.3. The lowest BCUT2D eigenvalue weighted by Gasteiger charge is -2.02. The molecule has 1 rings (SSSR count). The summed E-state index contributed by atoms with van der Waals surface area (Å²) in [4.78, 5) is 0. The van der Waals surface area contributed by atoms with Crippen LogP contribution >= 0.6 is 0 Å². The van der Waals surface area contributed by atoms with Gasteiger partial charge in [-0.2, -0.15) is 0 Å². The van der Waals surface area contributed by atoms with Crippen LogP contribution in [0.1, 0.15) is 18.4 Å². The van der Waals surface area contributed by atoms with Crippen molar-refractivity contribution in [2.45, 2.75) is 19.4 Å². The lowest BCUT2D eigenvalue weighted by atomic mass is 10.2. The Hall–Kier alpha value is -1.60. The molecule has 0 aromatic heterocycles. The molecule has 0 amide bonds. The zero-order chi connectivity index (χ0) is 12.2. The summed E-state index contributed by atoms with van der Waals surface area (Å²) >= 11 is 0. The molecular formula is C16H20O. The minimum atomic E-state index is 0.709. The molecule has 1 heteroatoms. The van der Waals surface area contributed by atoms with Gasteiger partial charge in [-0.3, -0.25) is 0 Å². The monoisotopic (exact) mass is 228 g/mol. The fourth-order valence-electron chi connectivity index (χ4n) is 1.39. The number of benzene rings is 1. The molecule has 0 saturated heterocycles. The van der Waals surface area contributed by atoms with Gasteiger partial charge in [-0.05, 0) is 18.4 Å². The zero-order valence-electron chi connectivity index (χ0n) is 10.2. The zero-order valence-corrected chi connectivity index (χ0v) is 10.2. The highest BCUT2D eigenvalue weighted by Crippen LogP contribution is 2.01. The molecule has 0 heterocycles. The third-order valence-electron chi connectivity index (χ3n) is 2.27. The SMILES string of the molecule is C=CC=CC=CCCCOCc1ccccc1. The van der Waals surface area contributed by atoms with Crippen LogP contribution in [0.15, 0.2) is 67.3 Å². The maximum atomic E-state index is 5.58. The van der Waals surface area contributed by atoms with Crippen molar-refractivity contribution in [1.82, 2.24) is 0 Å². The Morgan fingerprint density at radius 2 is 1.88 bits per heavy atom. The second-order valence-electron chi connectivity index (χ2n) is 3.73. The van der Waals surface area contributed by atoms with Crippen molar-refractivity contribution in [3.63, 3.8) is 0 Å². The van der Waals surface area contributed by atoms with Gasteiger partial charge in [0.05, 0.1) is 6.61 Å². The molecule has 0 N–H and O–H groups in total. The van der Waals surface area contributed by atoms with Crippen molar-refractivity contribution in [3.05, 3.63) is 72.9 Å². The third kappa shape index (κ3) is 7.31. The van der Waals surface area contributed by atoms with Crippen LogP contribution in [0.2, 0.25) is 0 Å². The fourth-order valence-corrected chi connectivity index (χ4v) is 1.39. The van der Waals surface area contributed by atoms with Crippen molar-refractivity contribution in [1.29, 1.82) is 0 Å². The van der Waals surface area contributed by atoms with Crippen molar-refractivity contribution in [2.75, 3.05) is 6.61 Å². The first-order valence-electron chi connectivity index (χ1n) is 5.99. The van der Waals surface area contributed by atoms with Gasteiger partial charge < -0.3 is 4.74 Å². The highest BCUT2D eigenvalue weighted by atomic mass is 16.5. The summed E-state index contributed by atoms with van der Waals surface area (Å²) in [5, 5.41) is 0. The van der Waals surface area contributed by atoms with E-state index in [0.29, 0.717) is 6.61 Å². The van der Waals surface area contributed by atoms with Gasteiger partial charge in [-0.15, -0.1) is 0 Å². The molecule has 0 atom stereocenters. The van der Waals surface area contributed by atoms with Crippen LogP contribution in [0.3, 0.4) is 0 Å². The van der Waals surface area contributed by atoms with Gasteiger partial charge in [0.2, 0.25) is 0 Å². The summed E-state index contributed by atoms with van der Waals surface area (Å²) < 4.78 is 5.58. The van der Waals surface area contributed by atoms with Crippen LogP contribution in [-0.2, 0) is 11.3 Å². The largest absolute Gasteiger partial charge is 0.377 e. The number of rotatable bonds is 8.